The maximum atomic E-state index is 5.98. The van der Waals surface area contributed by atoms with Crippen LogP contribution in [0.15, 0.2) is 5.03 Å². The van der Waals surface area contributed by atoms with Crippen LogP contribution in [-0.4, -0.2) is 15.7 Å². The molecule has 102 valence electrons. The first-order valence-corrected chi connectivity index (χ1v) is 7.62. The average molecular weight is 267 g/mol. The van der Waals surface area contributed by atoms with Gasteiger partial charge in [0, 0.05) is 11.0 Å². The fourth-order valence-corrected chi connectivity index (χ4v) is 2.52. The molecule has 1 aromatic rings. The van der Waals surface area contributed by atoms with E-state index in [2.05, 4.69) is 37.7 Å². The molecular weight excluding hydrogens is 242 g/mol. The first-order chi connectivity index (χ1) is 8.36. The third-order valence-corrected chi connectivity index (χ3v) is 3.96. The third kappa shape index (κ3) is 4.16. The van der Waals surface area contributed by atoms with E-state index >= 15 is 0 Å². The predicted molar refractivity (Wildman–Crippen MR) is 80.1 cm³/mol. The van der Waals surface area contributed by atoms with Crippen LogP contribution in [0, 0.1) is 6.92 Å². The normalized spacial score (nSPS) is 11.8. The number of hydrogen-bond acceptors (Lipinski definition) is 4. The largest absolute Gasteiger partial charge is 0.383 e. The fourth-order valence-electron chi connectivity index (χ4n) is 1.51. The summed E-state index contributed by atoms with van der Waals surface area (Å²) in [6.45, 7) is 10.6. The molecule has 4 heteroatoms. The number of unbranched alkanes of at least 4 members (excludes halogenated alkanes) is 2. The lowest BCUT2D eigenvalue weighted by Gasteiger charge is -2.19. The van der Waals surface area contributed by atoms with Crippen LogP contribution in [0.4, 0.5) is 5.82 Å². The molecule has 0 amide bonds. The lowest BCUT2D eigenvalue weighted by atomic mass is 9.95. The highest BCUT2D eigenvalue weighted by Crippen LogP contribution is 2.28. The molecule has 0 unspecified atom stereocenters. The molecule has 0 radical (unpaired) electrons. The minimum atomic E-state index is -0.0550. The van der Waals surface area contributed by atoms with Gasteiger partial charge in [-0.1, -0.05) is 40.5 Å². The SMILES string of the molecule is CCCCCSc1nc(C(C)(C)C)nc(N)c1C. The Labute approximate surface area is 115 Å². The molecule has 1 heterocycles. The van der Waals surface area contributed by atoms with Gasteiger partial charge in [-0.3, -0.25) is 0 Å². The molecule has 0 bridgehead atoms. The van der Waals surface area contributed by atoms with E-state index in [-0.39, 0.29) is 5.41 Å². The Morgan fingerprint density at radius 1 is 1.17 bits per heavy atom. The maximum absolute atomic E-state index is 5.98. The Balaban J connectivity index is 2.86. The summed E-state index contributed by atoms with van der Waals surface area (Å²) in [4.78, 5) is 9.08. The molecule has 3 nitrogen and oxygen atoms in total. The molecule has 0 aliphatic rings. The van der Waals surface area contributed by atoms with Crippen molar-refractivity contribution >= 4 is 17.6 Å². The Kier molecular flexibility index (Phi) is 5.45. The summed E-state index contributed by atoms with van der Waals surface area (Å²) in [7, 11) is 0. The van der Waals surface area contributed by atoms with Crippen molar-refractivity contribution in [2.45, 2.75) is 64.3 Å². The van der Waals surface area contributed by atoms with E-state index in [9.17, 15) is 0 Å². The van der Waals surface area contributed by atoms with Crippen molar-refractivity contribution in [3.05, 3.63) is 11.4 Å². The van der Waals surface area contributed by atoms with Crippen LogP contribution in [0.1, 0.15) is 58.3 Å². The van der Waals surface area contributed by atoms with Gasteiger partial charge in [0.05, 0.1) is 0 Å². The van der Waals surface area contributed by atoms with Crippen LogP contribution in [0.3, 0.4) is 0 Å². The summed E-state index contributed by atoms with van der Waals surface area (Å²) >= 11 is 1.80. The summed E-state index contributed by atoms with van der Waals surface area (Å²) in [5.41, 5.74) is 6.95. The molecule has 0 fully saturated rings. The van der Waals surface area contributed by atoms with Crippen LogP contribution in [0.2, 0.25) is 0 Å². The monoisotopic (exact) mass is 267 g/mol. The number of aromatic nitrogens is 2. The van der Waals surface area contributed by atoms with Gasteiger partial charge < -0.3 is 5.73 Å². The van der Waals surface area contributed by atoms with Gasteiger partial charge in [0.2, 0.25) is 0 Å². The lowest BCUT2D eigenvalue weighted by Crippen LogP contribution is -2.18. The number of hydrogen-bond donors (Lipinski definition) is 1. The molecular formula is C14H25N3S. The Bertz CT molecular complexity index is 397. The topological polar surface area (TPSA) is 51.8 Å². The number of nitrogens with two attached hydrogens (primary N) is 1. The summed E-state index contributed by atoms with van der Waals surface area (Å²) < 4.78 is 0. The first-order valence-electron chi connectivity index (χ1n) is 6.63. The molecule has 2 N–H and O–H groups in total. The van der Waals surface area contributed by atoms with Gasteiger partial charge in [-0.15, -0.1) is 11.8 Å². The van der Waals surface area contributed by atoms with Crippen molar-refractivity contribution in [3.8, 4) is 0 Å². The van der Waals surface area contributed by atoms with Gasteiger partial charge >= 0.3 is 0 Å². The van der Waals surface area contributed by atoms with Crippen molar-refractivity contribution in [2.75, 3.05) is 11.5 Å². The van der Waals surface area contributed by atoms with Crippen molar-refractivity contribution in [2.24, 2.45) is 0 Å². The second-order valence-electron chi connectivity index (χ2n) is 5.67. The van der Waals surface area contributed by atoms with Crippen molar-refractivity contribution in [1.29, 1.82) is 0 Å². The van der Waals surface area contributed by atoms with E-state index in [4.69, 9.17) is 5.73 Å². The van der Waals surface area contributed by atoms with Gasteiger partial charge in [0.25, 0.3) is 0 Å². The van der Waals surface area contributed by atoms with E-state index in [0.717, 1.165) is 22.2 Å². The van der Waals surface area contributed by atoms with Crippen LogP contribution in [-0.2, 0) is 5.41 Å². The third-order valence-electron chi connectivity index (χ3n) is 2.80. The van der Waals surface area contributed by atoms with Crippen LogP contribution in [0.25, 0.3) is 0 Å². The number of nitrogen functional groups attached to an aromatic ring is 1. The van der Waals surface area contributed by atoms with E-state index in [0.29, 0.717) is 5.82 Å². The molecule has 0 saturated carbocycles. The molecule has 0 saturated heterocycles. The van der Waals surface area contributed by atoms with Gasteiger partial charge in [-0.2, -0.15) is 0 Å². The molecule has 0 spiro atoms. The molecule has 1 aromatic heterocycles. The fraction of sp³-hybridized carbons (Fsp3) is 0.714. The zero-order valence-corrected chi connectivity index (χ0v) is 13.0. The second kappa shape index (κ2) is 6.41. The quantitative estimate of drug-likeness (QED) is 0.498. The molecule has 0 atom stereocenters. The molecule has 0 aromatic carbocycles. The highest BCUT2D eigenvalue weighted by atomic mass is 32.2. The first kappa shape index (κ1) is 15.3. The zero-order valence-electron chi connectivity index (χ0n) is 12.2. The van der Waals surface area contributed by atoms with Gasteiger partial charge in [-0.05, 0) is 19.1 Å². The molecule has 0 aliphatic carbocycles. The van der Waals surface area contributed by atoms with E-state index < -0.39 is 0 Å². The summed E-state index contributed by atoms with van der Waals surface area (Å²) in [5, 5.41) is 1.04. The Morgan fingerprint density at radius 3 is 2.39 bits per heavy atom. The van der Waals surface area contributed by atoms with Crippen LogP contribution >= 0.6 is 11.8 Å². The highest BCUT2D eigenvalue weighted by Gasteiger charge is 2.20. The van der Waals surface area contributed by atoms with Gasteiger partial charge in [0.15, 0.2) is 0 Å². The predicted octanol–water partition coefficient (Wildman–Crippen LogP) is 3.95. The second-order valence-corrected chi connectivity index (χ2v) is 6.75. The van der Waals surface area contributed by atoms with Crippen molar-refractivity contribution < 1.29 is 0 Å². The summed E-state index contributed by atoms with van der Waals surface area (Å²) in [5.74, 6) is 2.56. The summed E-state index contributed by atoms with van der Waals surface area (Å²) in [6, 6.07) is 0. The minimum absolute atomic E-state index is 0.0550. The van der Waals surface area contributed by atoms with E-state index in [1.54, 1.807) is 11.8 Å². The maximum Gasteiger partial charge on any atom is 0.137 e. The van der Waals surface area contributed by atoms with E-state index in [1.807, 2.05) is 6.92 Å². The molecule has 1 rings (SSSR count). The highest BCUT2D eigenvalue weighted by molar-refractivity contribution is 7.99. The van der Waals surface area contributed by atoms with E-state index in [1.165, 1.54) is 19.3 Å². The van der Waals surface area contributed by atoms with Crippen LogP contribution in [0.5, 0.6) is 0 Å². The summed E-state index contributed by atoms with van der Waals surface area (Å²) in [6.07, 6.45) is 3.76. The number of nitrogens with zero attached hydrogens (tertiary/aromatic N) is 2. The number of thioether (sulfide) groups is 1. The molecule has 0 aliphatic heterocycles. The minimum Gasteiger partial charge on any atom is -0.383 e. The number of anilines is 1. The number of rotatable bonds is 5. The Morgan fingerprint density at radius 2 is 1.83 bits per heavy atom. The zero-order chi connectivity index (χ0) is 13.8. The van der Waals surface area contributed by atoms with Crippen LogP contribution < -0.4 is 5.73 Å². The Hall–Kier alpha value is -0.770. The van der Waals surface area contributed by atoms with Gasteiger partial charge in [0.1, 0.15) is 16.7 Å². The molecule has 18 heavy (non-hydrogen) atoms. The van der Waals surface area contributed by atoms with Gasteiger partial charge in [-0.25, -0.2) is 9.97 Å². The van der Waals surface area contributed by atoms with Crippen molar-refractivity contribution in [3.63, 3.8) is 0 Å². The lowest BCUT2D eigenvalue weighted by molar-refractivity contribution is 0.538. The van der Waals surface area contributed by atoms with Crippen molar-refractivity contribution in [1.82, 2.24) is 9.97 Å². The smallest absolute Gasteiger partial charge is 0.137 e. The average Bonchev–Trinajstić information content (AvgIpc) is 2.28. The standard InChI is InChI=1S/C14H25N3S/c1-6-7-8-9-18-12-10(2)11(15)16-13(17-12)14(3,4)5/h6-9H2,1-5H3,(H2,15,16,17).